The first-order chi connectivity index (χ1) is 9.03. The van der Waals surface area contributed by atoms with Gasteiger partial charge in [-0.05, 0) is 33.4 Å². The summed E-state index contributed by atoms with van der Waals surface area (Å²) in [6.45, 7) is 0.233. The number of nitrogens with two attached hydrogens (primary N) is 1. The lowest BCUT2D eigenvalue weighted by Gasteiger charge is -2.10. The third-order valence-corrected chi connectivity index (χ3v) is 4.99. The minimum Gasteiger partial charge on any atom is -0.307 e. The van der Waals surface area contributed by atoms with Crippen molar-refractivity contribution in [3.05, 3.63) is 39.1 Å². The van der Waals surface area contributed by atoms with Gasteiger partial charge in [-0.25, -0.2) is 24.0 Å². The molecule has 19 heavy (non-hydrogen) atoms. The Bertz CT molecular complexity index is 658. The smallest absolute Gasteiger partial charge is 0.244 e. The molecule has 2 heterocycles. The van der Waals surface area contributed by atoms with E-state index in [1.54, 1.807) is 0 Å². The van der Waals surface area contributed by atoms with E-state index < -0.39 is 10.0 Å². The van der Waals surface area contributed by atoms with Gasteiger partial charge >= 0.3 is 0 Å². The van der Waals surface area contributed by atoms with Gasteiger partial charge in [0.2, 0.25) is 10.0 Å². The van der Waals surface area contributed by atoms with Crippen molar-refractivity contribution in [1.82, 2.24) is 9.71 Å². The number of pyridine rings is 1. The van der Waals surface area contributed by atoms with Crippen LogP contribution in [0.4, 0.5) is 5.82 Å². The number of rotatable bonds is 5. The average Bonchev–Trinajstić information content (AvgIpc) is 2.89. The van der Waals surface area contributed by atoms with Gasteiger partial charge in [0.25, 0.3) is 0 Å². The van der Waals surface area contributed by atoms with Crippen LogP contribution < -0.4 is 16.0 Å². The molecule has 0 radical (unpaired) electrons. The molecule has 0 aromatic carbocycles. The molecule has 4 N–H and O–H groups in total. The van der Waals surface area contributed by atoms with Crippen molar-refractivity contribution < 1.29 is 8.42 Å². The number of aromatic nitrogens is 1. The normalized spacial score (nSPS) is 11.5. The van der Waals surface area contributed by atoms with E-state index in [4.69, 9.17) is 5.84 Å². The molecule has 6 nitrogen and oxygen atoms in total. The van der Waals surface area contributed by atoms with Crippen molar-refractivity contribution in [3.63, 3.8) is 0 Å². The molecule has 0 atom stereocenters. The van der Waals surface area contributed by atoms with Crippen molar-refractivity contribution in [2.45, 2.75) is 11.4 Å². The van der Waals surface area contributed by atoms with Crippen molar-refractivity contribution in [1.29, 1.82) is 0 Å². The molecule has 9 heteroatoms. The maximum Gasteiger partial charge on any atom is 0.244 e. The van der Waals surface area contributed by atoms with Gasteiger partial charge in [0, 0.05) is 22.1 Å². The fraction of sp³-hybridized carbons (Fsp3) is 0.100. The number of sulfonamides is 1. The van der Waals surface area contributed by atoms with Gasteiger partial charge < -0.3 is 5.43 Å². The van der Waals surface area contributed by atoms with Crippen molar-refractivity contribution in [2.24, 2.45) is 5.84 Å². The predicted molar refractivity (Wildman–Crippen MR) is 78.1 cm³/mol. The highest BCUT2D eigenvalue weighted by Crippen LogP contribution is 2.22. The molecule has 0 spiro atoms. The predicted octanol–water partition coefficient (Wildman–Crippen LogP) is 1.67. The fourth-order valence-electron chi connectivity index (χ4n) is 1.39. The van der Waals surface area contributed by atoms with Gasteiger partial charge in [-0.1, -0.05) is 6.07 Å². The Morgan fingerprint density at radius 2 is 2.26 bits per heavy atom. The molecule has 2 aromatic heterocycles. The Labute approximate surface area is 123 Å². The monoisotopic (exact) mass is 362 g/mol. The second-order valence-corrected chi connectivity index (χ2v) is 7.23. The van der Waals surface area contributed by atoms with Crippen LogP contribution in [0.5, 0.6) is 0 Å². The van der Waals surface area contributed by atoms with Gasteiger partial charge in [0.1, 0.15) is 4.90 Å². The van der Waals surface area contributed by atoms with Crippen LogP contribution in [0.1, 0.15) is 4.88 Å². The van der Waals surface area contributed by atoms with Crippen molar-refractivity contribution in [2.75, 3.05) is 5.43 Å². The second-order valence-electron chi connectivity index (χ2n) is 3.55. The molecule has 0 aliphatic carbocycles. The zero-order chi connectivity index (χ0) is 13.9. The standard InChI is InChI=1S/C10H11BrN4O2S2/c11-7-4-9(10(15-12)13-5-7)19(16,17)14-6-8-2-1-3-18-8/h1-5,14H,6,12H2,(H,13,15). The minimum atomic E-state index is -3.68. The highest BCUT2D eigenvalue weighted by molar-refractivity contribution is 9.10. The number of thiophene rings is 1. The van der Waals surface area contributed by atoms with Gasteiger partial charge in [-0.15, -0.1) is 11.3 Å². The summed E-state index contributed by atoms with van der Waals surface area (Å²) in [5, 5.41) is 1.89. The first-order valence-electron chi connectivity index (χ1n) is 5.17. The number of hydrazine groups is 1. The Morgan fingerprint density at radius 3 is 2.89 bits per heavy atom. The molecular weight excluding hydrogens is 352 g/mol. The summed E-state index contributed by atoms with van der Waals surface area (Å²) in [5.74, 6) is 5.37. The van der Waals surface area contributed by atoms with E-state index in [9.17, 15) is 8.42 Å². The topological polar surface area (TPSA) is 97.1 Å². The third kappa shape index (κ3) is 3.51. The van der Waals surface area contributed by atoms with E-state index in [0.717, 1.165) is 4.88 Å². The lowest BCUT2D eigenvalue weighted by Crippen LogP contribution is -2.25. The van der Waals surface area contributed by atoms with Crippen LogP contribution in [0.15, 0.2) is 39.1 Å². The van der Waals surface area contributed by atoms with E-state index in [0.29, 0.717) is 4.47 Å². The van der Waals surface area contributed by atoms with E-state index in [1.165, 1.54) is 23.6 Å². The van der Waals surface area contributed by atoms with Crippen LogP contribution in [-0.4, -0.2) is 13.4 Å². The molecule has 0 amide bonds. The highest BCUT2D eigenvalue weighted by Gasteiger charge is 2.19. The summed E-state index contributed by atoms with van der Waals surface area (Å²) in [6.07, 6.45) is 1.47. The van der Waals surface area contributed by atoms with Crippen LogP contribution in [-0.2, 0) is 16.6 Å². The van der Waals surface area contributed by atoms with Gasteiger partial charge in [0.15, 0.2) is 5.82 Å². The van der Waals surface area contributed by atoms with Crippen LogP contribution in [0.3, 0.4) is 0 Å². The number of halogens is 1. The molecule has 0 aliphatic heterocycles. The molecule has 0 bridgehead atoms. The second kappa shape index (κ2) is 5.97. The Morgan fingerprint density at radius 1 is 1.47 bits per heavy atom. The first-order valence-corrected chi connectivity index (χ1v) is 8.33. The number of nitrogen functional groups attached to an aromatic ring is 1. The first kappa shape index (κ1) is 14.4. The summed E-state index contributed by atoms with van der Waals surface area (Å²) >= 11 is 4.67. The van der Waals surface area contributed by atoms with Crippen LogP contribution in [0.2, 0.25) is 0 Å². The number of hydrogen-bond acceptors (Lipinski definition) is 6. The summed E-state index contributed by atoms with van der Waals surface area (Å²) in [4.78, 5) is 4.83. The van der Waals surface area contributed by atoms with Gasteiger partial charge in [-0.2, -0.15) is 0 Å². The van der Waals surface area contributed by atoms with E-state index in [-0.39, 0.29) is 17.3 Å². The number of nitrogens with zero attached hydrogens (tertiary/aromatic N) is 1. The molecule has 0 unspecified atom stereocenters. The summed E-state index contributed by atoms with van der Waals surface area (Å²) in [5.41, 5.74) is 2.27. The molecule has 0 fully saturated rings. The summed E-state index contributed by atoms with van der Waals surface area (Å²) in [6, 6.07) is 5.16. The van der Waals surface area contributed by atoms with Crippen molar-refractivity contribution in [3.8, 4) is 0 Å². The van der Waals surface area contributed by atoms with Gasteiger partial charge in [0.05, 0.1) is 0 Å². The van der Waals surface area contributed by atoms with Crippen LogP contribution in [0.25, 0.3) is 0 Å². The fourth-order valence-corrected chi connectivity index (χ4v) is 3.76. The molecular formula is C10H11BrN4O2S2. The number of anilines is 1. The molecule has 0 saturated carbocycles. The van der Waals surface area contributed by atoms with E-state index in [2.05, 4.69) is 31.1 Å². The minimum absolute atomic E-state index is 0.000862. The lowest BCUT2D eigenvalue weighted by molar-refractivity contribution is 0.581. The number of hydrogen-bond donors (Lipinski definition) is 3. The molecule has 0 saturated heterocycles. The van der Waals surface area contributed by atoms with Crippen LogP contribution in [0, 0.1) is 0 Å². The molecule has 0 aliphatic rings. The zero-order valence-corrected chi connectivity index (χ0v) is 12.8. The van der Waals surface area contributed by atoms with E-state index >= 15 is 0 Å². The Balaban J connectivity index is 2.26. The van der Waals surface area contributed by atoms with E-state index in [1.807, 2.05) is 17.5 Å². The molecule has 2 rings (SSSR count). The number of nitrogens with one attached hydrogen (secondary N) is 2. The van der Waals surface area contributed by atoms with Crippen molar-refractivity contribution >= 4 is 43.1 Å². The Hall–Kier alpha value is -1.00. The molecule has 102 valence electrons. The molecule has 2 aromatic rings. The van der Waals surface area contributed by atoms with Crippen LogP contribution >= 0.6 is 27.3 Å². The highest BCUT2D eigenvalue weighted by atomic mass is 79.9. The summed E-state index contributed by atoms with van der Waals surface area (Å²) < 4.78 is 27.5. The Kier molecular flexibility index (Phi) is 4.53. The maximum absolute atomic E-state index is 12.2. The zero-order valence-electron chi connectivity index (χ0n) is 9.63. The quantitative estimate of drug-likeness (QED) is 0.555. The lowest BCUT2D eigenvalue weighted by atomic mass is 10.5. The SMILES string of the molecule is NNc1ncc(Br)cc1S(=O)(=O)NCc1cccs1. The average molecular weight is 363 g/mol. The third-order valence-electron chi connectivity index (χ3n) is 2.26. The van der Waals surface area contributed by atoms with Gasteiger partial charge in [-0.3, -0.25) is 0 Å². The maximum atomic E-state index is 12.2. The summed E-state index contributed by atoms with van der Waals surface area (Å²) in [7, 11) is -3.68. The largest absolute Gasteiger partial charge is 0.307 e.